The summed E-state index contributed by atoms with van der Waals surface area (Å²) in [4.78, 5) is 72.0. The maximum atomic E-state index is 5.36. The Morgan fingerprint density at radius 1 is 0.189 bits per heavy atom. The molecule has 0 spiro atoms. The van der Waals surface area contributed by atoms with Crippen molar-refractivity contribution in [2.24, 2.45) is 0 Å². The van der Waals surface area contributed by atoms with Crippen molar-refractivity contribution in [1.29, 1.82) is 0 Å². The van der Waals surface area contributed by atoms with E-state index in [1.807, 2.05) is 224 Å². The van der Waals surface area contributed by atoms with Gasteiger partial charge < -0.3 is 9.80 Å². The van der Waals surface area contributed by atoms with Crippen LogP contribution in [0.3, 0.4) is 0 Å². The van der Waals surface area contributed by atoms with Crippen molar-refractivity contribution in [3.05, 3.63) is 459 Å². The Labute approximate surface area is 767 Å². The zero-order chi connectivity index (χ0) is 89.3. The molecular formula is C116H88N16. The van der Waals surface area contributed by atoms with Crippen LogP contribution in [0.2, 0.25) is 0 Å². The van der Waals surface area contributed by atoms with E-state index >= 15 is 0 Å². The Kier molecular flexibility index (Phi) is 21.7. The summed E-state index contributed by atoms with van der Waals surface area (Å²) < 4.78 is 0. The van der Waals surface area contributed by atoms with Crippen molar-refractivity contribution >= 4 is 51.4 Å². The van der Waals surface area contributed by atoms with Crippen LogP contribution in [0, 0.1) is 0 Å². The van der Waals surface area contributed by atoms with Crippen molar-refractivity contribution in [1.82, 2.24) is 64.8 Å². The second kappa shape index (κ2) is 34.9. The number of pyridine rings is 5. The maximum absolute atomic E-state index is 5.36. The molecular weight excluding hydrogens is 1620 g/mol. The highest BCUT2D eigenvalue weighted by molar-refractivity contribution is 5.90. The monoisotopic (exact) mass is 1700 g/mol. The molecule has 0 saturated carbocycles. The fourth-order valence-electron chi connectivity index (χ4n) is 18.0. The van der Waals surface area contributed by atoms with E-state index in [4.69, 9.17) is 59.8 Å². The highest BCUT2D eigenvalue weighted by Crippen LogP contribution is 2.53. The Morgan fingerprint density at radius 2 is 0.576 bits per heavy atom. The summed E-state index contributed by atoms with van der Waals surface area (Å²) in [7, 11) is 0. The first kappa shape index (κ1) is 81.9. The minimum absolute atomic E-state index is 0.283. The van der Waals surface area contributed by atoms with Crippen molar-refractivity contribution < 1.29 is 0 Å². The first-order chi connectivity index (χ1) is 64.7. The van der Waals surface area contributed by atoms with Gasteiger partial charge in [-0.3, -0.25) is 24.8 Å². The van der Waals surface area contributed by atoms with Crippen LogP contribution in [-0.4, -0.2) is 64.8 Å². The molecule has 11 aromatic carbocycles. The van der Waals surface area contributed by atoms with Gasteiger partial charge in [-0.25, -0.2) is 44.9 Å². The molecule has 0 radical (unpaired) electrons. The van der Waals surface area contributed by atoms with Gasteiger partial charge in [0.1, 0.15) is 0 Å². The van der Waals surface area contributed by atoms with Gasteiger partial charge in [-0.2, -0.15) is 0 Å². The third-order valence-corrected chi connectivity index (χ3v) is 24.7. The fourth-order valence-corrected chi connectivity index (χ4v) is 18.0. The fraction of sp³-hybridized carbons (Fsp3) is 0.0776. The minimum atomic E-state index is -0.447. The number of benzene rings is 11. The summed E-state index contributed by atoms with van der Waals surface area (Å²) in [5.41, 5.74) is 32.7. The van der Waals surface area contributed by atoms with Gasteiger partial charge in [0.15, 0.2) is 5.82 Å². The molecule has 9 aromatic heterocycles. The highest BCUT2D eigenvalue weighted by Gasteiger charge is 2.44. The van der Waals surface area contributed by atoms with Crippen LogP contribution in [0.1, 0.15) is 75.4 Å². The van der Waals surface area contributed by atoms with Gasteiger partial charge >= 0.3 is 0 Å². The lowest BCUT2D eigenvalue weighted by molar-refractivity contribution is 0.616. The van der Waals surface area contributed by atoms with Crippen LogP contribution in [0.4, 0.5) is 51.4 Å². The third kappa shape index (κ3) is 15.6. The van der Waals surface area contributed by atoms with Crippen molar-refractivity contribution in [3.63, 3.8) is 0 Å². The molecule has 0 fully saturated rings. The average Bonchev–Trinajstić information content (AvgIpc) is 1.56. The molecule has 0 atom stereocenters. The molecule has 0 saturated heterocycles. The molecule has 3 aliphatic carbocycles. The number of para-hydroxylation sites is 6. The lowest BCUT2D eigenvalue weighted by Crippen LogP contribution is -2.19. The zero-order valence-corrected chi connectivity index (χ0v) is 73.6. The Hall–Kier alpha value is -17.1. The normalized spacial score (nSPS) is 12.8. The Bertz CT molecular complexity index is 7430. The van der Waals surface area contributed by atoms with Crippen LogP contribution in [0.25, 0.3) is 124 Å². The molecule has 3 aliphatic rings. The molecule has 16 heteroatoms. The molecule has 20 aromatic rings. The number of fused-ring (bicyclic) bond motifs is 9. The predicted molar refractivity (Wildman–Crippen MR) is 531 cm³/mol. The summed E-state index contributed by atoms with van der Waals surface area (Å²) in [5, 5.41) is 0. The van der Waals surface area contributed by atoms with Gasteiger partial charge in [-0.15, -0.1) is 0 Å². The first-order valence-corrected chi connectivity index (χ1v) is 44.2. The van der Waals surface area contributed by atoms with E-state index in [1.165, 1.54) is 0 Å². The van der Waals surface area contributed by atoms with Gasteiger partial charge in [0, 0.05) is 132 Å². The summed E-state index contributed by atoms with van der Waals surface area (Å²) >= 11 is 0. The van der Waals surface area contributed by atoms with Gasteiger partial charge in [0.2, 0.25) is 5.95 Å². The summed E-state index contributed by atoms with van der Waals surface area (Å²) in [6, 6.07) is 130. The lowest BCUT2D eigenvalue weighted by Gasteiger charge is -2.25. The van der Waals surface area contributed by atoms with Crippen LogP contribution in [0.5, 0.6) is 0 Å². The smallest absolute Gasteiger partial charge is 0.234 e. The number of aromatic nitrogens is 13. The molecule has 132 heavy (non-hydrogen) atoms. The molecule has 23 rings (SSSR count). The van der Waals surface area contributed by atoms with E-state index < -0.39 is 5.41 Å². The minimum Gasteiger partial charge on any atom is -0.309 e. The molecule has 9 heterocycles. The summed E-state index contributed by atoms with van der Waals surface area (Å²) in [6.45, 7) is 13.2. The quantitative estimate of drug-likeness (QED) is 0.0840. The molecule has 0 bridgehead atoms. The van der Waals surface area contributed by atoms with Crippen LogP contribution in [-0.2, 0) is 16.2 Å². The number of hydrogen-bond acceptors (Lipinski definition) is 16. The molecule has 0 N–H and O–H groups in total. The maximum Gasteiger partial charge on any atom is 0.234 e. The van der Waals surface area contributed by atoms with E-state index in [1.54, 1.807) is 0 Å². The van der Waals surface area contributed by atoms with E-state index in [0.29, 0.717) is 5.95 Å². The van der Waals surface area contributed by atoms with Crippen molar-refractivity contribution in [2.45, 2.75) is 57.8 Å². The first-order valence-electron chi connectivity index (χ1n) is 44.2. The average molecular weight is 1710 g/mol. The van der Waals surface area contributed by atoms with Gasteiger partial charge in [-0.1, -0.05) is 281 Å². The van der Waals surface area contributed by atoms with Crippen LogP contribution in [0.15, 0.2) is 426 Å². The zero-order valence-electron chi connectivity index (χ0n) is 73.6. The second-order valence-electron chi connectivity index (χ2n) is 34.3. The SMILES string of the molecule is CC1(C)c2ccc(-c3cnc(N(c4ccccc4)c4ccccc4)nc3)nc2-c2cnc(-c3ccccc3)nc21.CC1(C)c2cnc(-c3ccc(N(c4ccccc4)c4ccccc4)cn3)cc2-c2nc(-c3ccccc3)c(-c3ccccc3)nc21.CC1(C)c2nc(-c3cncc(N(c4ccccc4)c4ccccc4)c3)ccc2-c2nc(-c3ccccc3)c(-c3ccccc3)nc21. The van der Waals surface area contributed by atoms with Crippen LogP contribution < -0.4 is 14.7 Å². The largest absolute Gasteiger partial charge is 0.309 e. The molecule has 16 nitrogen and oxygen atoms in total. The second-order valence-corrected chi connectivity index (χ2v) is 34.3. The molecule has 632 valence electrons. The predicted octanol–water partition coefficient (Wildman–Crippen LogP) is 27.9. The summed E-state index contributed by atoms with van der Waals surface area (Å²) in [5.74, 6) is 1.32. The molecule has 0 aliphatic heterocycles. The van der Waals surface area contributed by atoms with E-state index in [-0.39, 0.29) is 10.8 Å². The van der Waals surface area contributed by atoms with E-state index in [0.717, 1.165) is 203 Å². The lowest BCUT2D eigenvalue weighted by atomic mass is 9.86. The number of rotatable bonds is 17. The van der Waals surface area contributed by atoms with E-state index in [9.17, 15) is 0 Å². The number of anilines is 9. The molecule has 0 amide bonds. The van der Waals surface area contributed by atoms with E-state index in [2.05, 4.69) is 263 Å². The summed E-state index contributed by atoms with van der Waals surface area (Å²) in [6.07, 6.45) is 13.3. The van der Waals surface area contributed by atoms with Gasteiger partial charge in [-0.05, 0) is 154 Å². The topological polar surface area (TPSA) is 177 Å². The van der Waals surface area contributed by atoms with Gasteiger partial charge in [0.05, 0.1) is 115 Å². The Balaban J connectivity index is 0.000000120. The Morgan fingerprint density at radius 3 is 1.05 bits per heavy atom. The number of hydrogen-bond donors (Lipinski definition) is 0. The van der Waals surface area contributed by atoms with Crippen molar-refractivity contribution in [2.75, 3.05) is 14.7 Å². The van der Waals surface area contributed by atoms with Crippen LogP contribution >= 0.6 is 0 Å². The molecule has 0 unspecified atom stereocenters. The third-order valence-electron chi connectivity index (χ3n) is 24.7. The van der Waals surface area contributed by atoms with Gasteiger partial charge in [0.25, 0.3) is 0 Å². The number of nitrogens with zero attached hydrogens (tertiary/aromatic N) is 16. The van der Waals surface area contributed by atoms with Crippen molar-refractivity contribution in [3.8, 4) is 124 Å². The highest BCUT2D eigenvalue weighted by atomic mass is 15.3. The standard InChI is InChI=1S/2C41H31N5.C34H26N6/c1-41(2)39-34(38-40(41)45-37(29-17-9-4-10-18-29)36(44-38)28-15-7-3-8-16-28)23-24-35(43-39)30-25-33(27-42-26-30)46(31-19-11-5-12-20-31)32-21-13-6-14-22-32;1-41(2)34-27-43-36(35-24-23-32(26-42-35)46(30-19-11-5-12-20-30)31-21-13-6-14-22-31)25-33(34)39-40(41)45-38(29-17-9-4-10-18-29)37(44-39)28-15-7-3-8-16-28;1-34(2)28-18-19-29(38-30(28)27-22-35-32(39-31(27)34)23-12-6-3-7-13-23)24-20-36-33(37-21-24)40(25-14-8-4-9-15-25)26-16-10-5-11-17-26/h2*3-27H,1-2H3;3-22H,1-2H3.